The van der Waals surface area contributed by atoms with Crippen LogP contribution in [-0.4, -0.2) is 152 Å². The number of aromatic amines is 4. The maximum Gasteiger partial charge on any atom is 0.254 e. The van der Waals surface area contributed by atoms with E-state index < -0.39 is 0 Å². The van der Waals surface area contributed by atoms with E-state index in [4.69, 9.17) is 23.7 Å². The summed E-state index contributed by atoms with van der Waals surface area (Å²) in [7, 11) is 3.70. The highest BCUT2D eigenvalue weighted by Crippen LogP contribution is 2.46. The van der Waals surface area contributed by atoms with Crippen molar-refractivity contribution in [3.05, 3.63) is 360 Å². The molecule has 12 heterocycles. The Hall–Kier alpha value is -15.7. The zero-order valence-electron chi connectivity index (χ0n) is 89.2. The molecule has 0 saturated carbocycles. The predicted molar refractivity (Wildman–Crippen MR) is 614 cm³/mol. The molecule has 11 aromatic carbocycles. The number of nitrogens with zero attached hydrogens (tertiary/aromatic N) is 9. The van der Waals surface area contributed by atoms with Gasteiger partial charge in [0, 0.05) is 157 Å². The van der Waals surface area contributed by atoms with Crippen LogP contribution in [0.2, 0.25) is 0 Å². The Morgan fingerprint density at radius 3 is 1.07 bits per heavy atom. The second-order valence-corrected chi connectivity index (χ2v) is 41.2. The van der Waals surface area contributed by atoms with E-state index in [-0.39, 0.29) is 33.4 Å². The number of hydrogen-bond donors (Lipinski definition) is 4. The van der Waals surface area contributed by atoms with Gasteiger partial charge in [-0.2, -0.15) is 0 Å². The summed E-state index contributed by atoms with van der Waals surface area (Å²) in [4.78, 5) is 104. The van der Waals surface area contributed by atoms with Gasteiger partial charge in [0.25, 0.3) is 22.2 Å². The molecule has 0 amide bonds. The van der Waals surface area contributed by atoms with Crippen molar-refractivity contribution >= 4 is 105 Å². The maximum atomic E-state index is 13.1. The van der Waals surface area contributed by atoms with Gasteiger partial charge in [0.15, 0.2) is 0 Å². The Labute approximate surface area is 871 Å². The van der Waals surface area contributed by atoms with Crippen LogP contribution in [0.3, 0.4) is 0 Å². The number of pyridine rings is 6. The van der Waals surface area contributed by atoms with E-state index >= 15 is 0 Å². The zero-order valence-corrected chi connectivity index (χ0v) is 89.2. The molecule has 770 valence electrons. The number of anilines is 7. The summed E-state index contributed by atoms with van der Waals surface area (Å²) in [5.41, 5.74) is 27.2. The lowest BCUT2D eigenvalue weighted by molar-refractivity contribution is 0.303. The molecule has 0 radical (unpaired) electrons. The fraction of sp³-hybridized carbons (Fsp3) is 0.328. The van der Waals surface area contributed by atoms with Crippen LogP contribution in [0.4, 0.5) is 39.8 Å². The third-order valence-corrected chi connectivity index (χ3v) is 29.8. The van der Waals surface area contributed by atoms with Gasteiger partial charge in [-0.05, 0) is 237 Å². The van der Waals surface area contributed by atoms with Crippen LogP contribution in [0.5, 0.6) is 28.7 Å². The number of fused-ring (bicyclic) bond motifs is 12. The van der Waals surface area contributed by atoms with Gasteiger partial charge in [-0.1, -0.05) is 166 Å². The van der Waals surface area contributed by atoms with E-state index in [2.05, 4.69) is 247 Å². The Morgan fingerprint density at radius 1 is 0.302 bits per heavy atom. The smallest absolute Gasteiger partial charge is 0.254 e. The van der Waals surface area contributed by atoms with Crippen molar-refractivity contribution in [2.24, 2.45) is 20.0 Å². The topological polar surface area (TPSA) is 244 Å². The van der Waals surface area contributed by atoms with Crippen molar-refractivity contribution in [2.75, 3.05) is 133 Å². The first-order valence-corrected chi connectivity index (χ1v) is 52.7. The number of rotatable bonds is 16. The normalized spacial score (nSPS) is 13.9. The standard InChI is InChI=1S/2C23H26N2O2.C22H24N2O2.C21H22N2O2.C20H20N2O2.C16H21N3O/c1-15(2)25-10-11-27-22-13-18-16(3)19(12-17-8-6-5-7-9-17)23(26)24(4)20(18)14-21(22)25;1-15(2)14-25-9-10-27-22-12-18-16(3)19(11-17-7-5-4-6-8-17)23(26)24-20(18)13-21(22)25;1-14(2)24-9-10-26-21-12-17-15(3)18(11-16-7-5-4-6-8-16)22(25)23-19(17)13-20(21)24;1-14(2)23-9-10-25-20-11-17-16(15-7-5-4-6-8-15)12-21(24)22(3)18(17)13-19(20)23;1-13(2)22-8-9-24-19-10-16-15(14-6-4-3-5-7-14)11-20(23)21-17(16)12-18(19)22;1-4-18-6-7-19(5-2)15-10-13-12(9-14(15)18)11(3)8-16(20)17-13/h5-9,13-15H,10-12H2,1-4H3;4-8,12-13,15H,9-11,14H2,1-3H3,(H,24,26);4-8,12-14H,9-11H2,1-3H3,(H,23,25);4-8,11-14H,9-10H2,1-3H3;3-7,10-13H,8-9H2,1-2H3,(H,21,23);8-10H,4-7H2,1-3H3,(H,17,20). The number of benzene rings is 11. The molecule has 4 N–H and O–H groups in total. The fourth-order valence-corrected chi connectivity index (χ4v) is 21.8. The molecule has 0 spiro atoms. The van der Waals surface area contributed by atoms with Gasteiger partial charge in [0.05, 0.1) is 106 Å². The predicted octanol–water partition coefficient (Wildman–Crippen LogP) is 22.5. The quantitative estimate of drug-likeness (QED) is 0.0702. The zero-order chi connectivity index (χ0) is 105. The van der Waals surface area contributed by atoms with Crippen LogP contribution in [0.25, 0.3) is 87.7 Å². The number of nitrogens with one attached hydrogen (secondary N) is 4. The molecule has 24 heteroatoms. The number of ether oxygens (including phenoxy) is 5. The van der Waals surface area contributed by atoms with Crippen molar-refractivity contribution in [2.45, 2.75) is 154 Å². The minimum absolute atomic E-state index is 0.000808. The molecular formula is C125H139N13O11. The van der Waals surface area contributed by atoms with Crippen molar-refractivity contribution in [1.82, 2.24) is 29.1 Å². The van der Waals surface area contributed by atoms with Crippen molar-refractivity contribution < 1.29 is 23.7 Å². The number of likely N-dealkylation sites (N-methyl/N-ethyl adjacent to an activating group) is 2. The Kier molecular flexibility index (Phi) is 31.1. The van der Waals surface area contributed by atoms with Crippen LogP contribution in [0.15, 0.2) is 271 Å². The third kappa shape index (κ3) is 22.0. The summed E-state index contributed by atoms with van der Waals surface area (Å²) in [6.45, 7) is 47.2. The van der Waals surface area contributed by atoms with Crippen LogP contribution in [-0.2, 0) is 33.4 Å². The second-order valence-electron chi connectivity index (χ2n) is 41.2. The average Bonchev–Trinajstić information content (AvgIpc) is 0.739. The third-order valence-electron chi connectivity index (χ3n) is 29.8. The molecule has 0 atom stereocenters. The Bertz CT molecular complexity index is 8180. The van der Waals surface area contributed by atoms with Crippen molar-refractivity contribution in [3.8, 4) is 51.0 Å². The molecule has 0 bridgehead atoms. The molecule has 0 fully saturated rings. The summed E-state index contributed by atoms with van der Waals surface area (Å²) < 4.78 is 33.2. The molecule has 0 saturated heterocycles. The lowest BCUT2D eigenvalue weighted by Crippen LogP contribution is -2.41. The highest BCUT2D eigenvalue weighted by molar-refractivity contribution is 6.01. The Morgan fingerprint density at radius 2 is 0.638 bits per heavy atom. The summed E-state index contributed by atoms with van der Waals surface area (Å²) in [6.07, 6.45) is 1.91. The molecule has 0 unspecified atom stereocenters. The molecule has 6 aliphatic rings. The lowest BCUT2D eigenvalue weighted by Gasteiger charge is -2.38. The summed E-state index contributed by atoms with van der Waals surface area (Å²) in [5, 5.41) is 6.39. The van der Waals surface area contributed by atoms with E-state index in [0.717, 1.165) is 266 Å². The Balaban J connectivity index is 0.000000117. The number of aryl methyl sites for hydroxylation is 6. The van der Waals surface area contributed by atoms with Crippen LogP contribution < -0.4 is 91.3 Å². The second kappa shape index (κ2) is 44.9. The number of H-pyrrole nitrogens is 4. The molecular weight excluding hydrogens is 1860 g/mol. The fourth-order valence-electron chi connectivity index (χ4n) is 21.8. The first kappa shape index (κ1) is 103. The van der Waals surface area contributed by atoms with Crippen LogP contribution in [0, 0.1) is 33.6 Å². The van der Waals surface area contributed by atoms with Gasteiger partial charge in [0.1, 0.15) is 61.8 Å². The van der Waals surface area contributed by atoms with Gasteiger partial charge in [-0.3, -0.25) is 28.8 Å². The van der Waals surface area contributed by atoms with Crippen molar-refractivity contribution in [3.63, 3.8) is 0 Å². The molecule has 24 nitrogen and oxygen atoms in total. The minimum atomic E-state index is -0.0888. The lowest BCUT2D eigenvalue weighted by atomic mass is 9.97. The highest BCUT2D eigenvalue weighted by atomic mass is 16.5. The van der Waals surface area contributed by atoms with Gasteiger partial charge in [-0.15, -0.1) is 0 Å². The van der Waals surface area contributed by atoms with Crippen molar-refractivity contribution in [1.29, 1.82) is 0 Å². The van der Waals surface area contributed by atoms with Gasteiger partial charge >= 0.3 is 0 Å². The molecule has 149 heavy (non-hydrogen) atoms. The van der Waals surface area contributed by atoms with E-state index in [0.29, 0.717) is 82.4 Å². The van der Waals surface area contributed by atoms with E-state index in [1.807, 2.05) is 156 Å². The minimum Gasteiger partial charge on any atom is -0.490 e. The van der Waals surface area contributed by atoms with E-state index in [1.54, 1.807) is 27.3 Å². The molecule has 23 rings (SSSR count). The van der Waals surface area contributed by atoms with E-state index in [9.17, 15) is 28.8 Å². The first-order valence-electron chi connectivity index (χ1n) is 52.7. The summed E-state index contributed by atoms with van der Waals surface area (Å²) in [6, 6.07) is 82.2. The molecule has 0 aliphatic carbocycles. The first-order chi connectivity index (χ1) is 71.9. The van der Waals surface area contributed by atoms with Gasteiger partial charge in [0.2, 0.25) is 11.1 Å². The van der Waals surface area contributed by atoms with Gasteiger partial charge < -0.3 is 87.1 Å². The largest absolute Gasteiger partial charge is 0.490 e. The molecule has 6 aliphatic heterocycles. The van der Waals surface area contributed by atoms with Crippen LogP contribution in [0.1, 0.15) is 139 Å². The van der Waals surface area contributed by atoms with Crippen LogP contribution >= 0.6 is 0 Å². The summed E-state index contributed by atoms with van der Waals surface area (Å²) in [5.74, 6) is 5.07. The molecule has 17 aromatic rings. The monoisotopic (exact) mass is 2000 g/mol. The van der Waals surface area contributed by atoms with Gasteiger partial charge in [-0.25, -0.2) is 0 Å². The average molecular weight is 2000 g/mol. The van der Waals surface area contributed by atoms with E-state index in [1.165, 1.54) is 11.4 Å². The maximum absolute atomic E-state index is 13.1. The summed E-state index contributed by atoms with van der Waals surface area (Å²) >= 11 is 0. The SMILES string of the molecule is CC(C)N1CCOc2cc3c(-c4ccccc4)cc(=O)[nH]c3cc21.CC(C)N1CCOc2cc3c(-c4ccccc4)cc(=O)n(C)c3cc21.CCN1CCN(CC)c2cc3c(C)cc(=O)[nH]c3cc21.Cc1c(Cc2ccccc2)c(=O)[nH]c2cc3c(cc12)OCCN3C(C)C.Cc1c(Cc2ccccc2)c(=O)[nH]c2cc3c(cc12)OCCN3CC(C)C.Cc1c(Cc2ccccc2)c(=O)n(C)c2cc3c(cc12)OCCN3C(C)C. The highest BCUT2D eigenvalue weighted by Gasteiger charge is 2.31. The number of aromatic nitrogens is 6. The number of hydrogen-bond acceptors (Lipinski definition) is 18. The molecule has 6 aromatic heterocycles.